The highest BCUT2D eigenvalue weighted by molar-refractivity contribution is 6.08. The Bertz CT molecular complexity index is 1240. The van der Waals surface area contributed by atoms with Crippen LogP contribution in [0.4, 0.5) is 22.0 Å². The van der Waals surface area contributed by atoms with Crippen molar-refractivity contribution in [2.75, 3.05) is 15.5 Å². The van der Waals surface area contributed by atoms with Gasteiger partial charge in [0.25, 0.3) is 0 Å². The van der Waals surface area contributed by atoms with E-state index in [1.807, 2.05) is 72.8 Å². The van der Waals surface area contributed by atoms with Crippen molar-refractivity contribution in [2.45, 2.75) is 32.7 Å². The highest BCUT2D eigenvalue weighted by atomic mass is 16.2. The third-order valence-corrected chi connectivity index (χ3v) is 6.11. The summed E-state index contributed by atoms with van der Waals surface area (Å²) in [6.07, 6.45) is 2.80. The van der Waals surface area contributed by atoms with Crippen LogP contribution in [-0.4, -0.2) is 16.8 Å². The molecule has 5 rings (SSSR count). The summed E-state index contributed by atoms with van der Waals surface area (Å²) >= 11 is 0. The van der Waals surface area contributed by atoms with E-state index in [0.29, 0.717) is 35.6 Å². The van der Waals surface area contributed by atoms with Gasteiger partial charge in [0.1, 0.15) is 0 Å². The number of nitrogens with zero attached hydrogens (tertiary/aromatic N) is 2. The van der Waals surface area contributed by atoms with Gasteiger partial charge in [-0.1, -0.05) is 62.4 Å². The molecule has 2 N–H and O–H groups in total. The maximum Gasteiger partial charge on any atom is 0.328 e. The van der Waals surface area contributed by atoms with Gasteiger partial charge in [0, 0.05) is 29.6 Å². The molecule has 33 heavy (non-hydrogen) atoms. The van der Waals surface area contributed by atoms with Crippen LogP contribution >= 0.6 is 0 Å². The number of para-hydroxylation sites is 1. The number of pyridine rings is 1. The molecule has 0 saturated heterocycles. The molecule has 6 nitrogen and oxygen atoms in total. The molecule has 2 aromatic carbocycles. The van der Waals surface area contributed by atoms with Crippen LogP contribution in [0.3, 0.4) is 0 Å². The lowest BCUT2D eigenvalue weighted by atomic mass is 9.73. The van der Waals surface area contributed by atoms with Crippen molar-refractivity contribution in [3.8, 4) is 0 Å². The lowest BCUT2D eigenvalue weighted by Crippen LogP contribution is -2.42. The van der Waals surface area contributed by atoms with Crippen molar-refractivity contribution in [3.05, 3.63) is 95.8 Å². The molecule has 0 bridgehead atoms. The molecule has 0 fully saturated rings. The normalized spacial score (nSPS) is 19.2. The first-order valence-corrected chi connectivity index (χ1v) is 11.1. The van der Waals surface area contributed by atoms with Crippen molar-refractivity contribution in [3.63, 3.8) is 0 Å². The van der Waals surface area contributed by atoms with E-state index in [0.717, 1.165) is 11.3 Å². The minimum absolute atomic E-state index is 0.0490. The molecular formula is C27H26N4O2. The lowest BCUT2D eigenvalue weighted by molar-refractivity contribution is -0.118. The highest BCUT2D eigenvalue weighted by Gasteiger charge is 2.43. The fourth-order valence-corrected chi connectivity index (χ4v) is 4.73. The standard InChI is InChI=1S/C27H26N4O2/c1-27(2)16-21-23(22(32)17-27)24(18-10-5-3-6-11-18)31(25-20(30-21)14-9-15-28-25)26(33)29-19-12-7-4-8-13-19/h3-15,24,30H,16-17H2,1-2H3,(H,29,33)/t24-/m1/s1. The number of nitrogens with one attached hydrogen (secondary N) is 2. The van der Waals surface area contributed by atoms with Crippen molar-refractivity contribution >= 4 is 29.0 Å². The second-order valence-electron chi connectivity index (χ2n) is 9.31. The first-order chi connectivity index (χ1) is 15.9. The summed E-state index contributed by atoms with van der Waals surface area (Å²) < 4.78 is 0. The van der Waals surface area contributed by atoms with Crippen LogP contribution in [0, 0.1) is 5.41 Å². The smallest absolute Gasteiger partial charge is 0.328 e. The number of fused-ring (bicyclic) bond motifs is 1. The van der Waals surface area contributed by atoms with E-state index in [1.54, 1.807) is 11.1 Å². The number of benzene rings is 2. The van der Waals surface area contributed by atoms with Crippen LogP contribution in [0.2, 0.25) is 0 Å². The van der Waals surface area contributed by atoms with Gasteiger partial charge in [0.2, 0.25) is 0 Å². The SMILES string of the molecule is CC1(C)CC(=O)C2=C(C1)Nc1cccnc1N(C(=O)Nc1ccccc1)[C@@H]2c1ccccc1. The molecule has 3 aromatic rings. The second-order valence-corrected chi connectivity index (χ2v) is 9.31. The maximum atomic E-state index is 13.8. The molecule has 1 aromatic heterocycles. The Morgan fingerprint density at radius 3 is 2.42 bits per heavy atom. The minimum atomic E-state index is -0.600. The van der Waals surface area contributed by atoms with E-state index < -0.39 is 6.04 Å². The van der Waals surface area contributed by atoms with Gasteiger partial charge < -0.3 is 10.6 Å². The quantitative estimate of drug-likeness (QED) is 0.520. The van der Waals surface area contributed by atoms with Crippen molar-refractivity contribution < 1.29 is 9.59 Å². The van der Waals surface area contributed by atoms with E-state index >= 15 is 0 Å². The van der Waals surface area contributed by atoms with Crippen LogP contribution in [-0.2, 0) is 4.79 Å². The Hall–Kier alpha value is -3.93. The zero-order valence-electron chi connectivity index (χ0n) is 18.7. The Labute approximate surface area is 193 Å². The topological polar surface area (TPSA) is 74.3 Å². The second kappa shape index (κ2) is 8.20. The zero-order chi connectivity index (χ0) is 23.0. The Morgan fingerprint density at radius 2 is 1.70 bits per heavy atom. The monoisotopic (exact) mass is 438 g/mol. The van der Waals surface area contributed by atoms with Crippen molar-refractivity contribution in [1.29, 1.82) is 0 Å². The summed E-state index contributed by atoms with van der Waals surface area (Å²) in [7, 11) is 0. The van der Waals surface area contributed by atoms with Gasteiger partial charge in [-0.2, -0.15) is 0 Å². The first kappa shape index (κ1) is 20.9. The predicted octanol–water partition coefficient (Wildman–Crippen LogP) is 5.93. The number of ketones is 1. The number of rotatable bonds is 2. The summed E-state index contributed by atoms with van der Waals surface area (Å²) in [6, 6.07) is 21.8. The number of aromatic nitrogens is 1. The number of Topliss-reactive ketones (excluding diaryl/α,β-unsaturated/α-hetero) is 1. The number of anilines is 3. The summed E-state index contributed by atoms with van der Waals surface area (Å²) in [5.41, 5.74) is 3.55. The van der Waals surface area contributed by atoms with Gasteiger partial charge >= 0.3 is 6.03 Å². The molecule has 0 unspecified atom stereocenters. The molecular weight excluding hydrogens is 412 g/mol. The molecule has 1 aliphatic carbocycles. The molecule has 6 heteroatoms. The zero-order valence-corrected chi connectivity index (χ0v) is 18.7. The average Bonchev–Trinajstić information content (AvgIpc) is 2.94. The summed E-state index contributed by atoms with van der Waals surface area (Å²) in [4.78, 5) is 33.6. The summed E-state index contributed by atoms with van der Waals surface area (Å²) in [5.74, 6) is 0.535. The van der Waals surface area contributed by atoms with Gasteiger partial charge in [-0.3, -0.25) is 9.69 Å². The molecule has 2 aliphatic rings. The maximum absolute atomic E-state index is 13.8. The van der Waals surface area contributed by atoms with Gasteiger partial charge in [0.05, 0.1) is 11.7 Å². The molecule has 0 spiro atoms. The van der Waals surface area contributed by atoms with Crippen molar-refractivity contribution in [1.82, 2.24) is 4.98 Å². The minimum Gasteiger partial charge on any atom is -0.355 e. The Balaban J connectivity index is 1.71. The Kier molecular flexibility index (Phi) is 5.21. The van der Waals surface area contributed by atoms with E-state index in [9.17, 15) is 9.59 Å². The molecule has 1 aliphatic heterocycles. The van der Waals surface area contributed by atoms with Crippen LogP contribution < -0.4 is 15.5 Å². The van der Waals surface area contributed by atoms with Gasteiger partial charge in [0.15, 0.2) is 11.6 Å². The van der Waals surface area contributed by atoms with E-state index in [-0.39, 0.29) is 17.2 Å². The van der Waals surface area contributed by atoms with E-state index in [2.05, 4.69) is 29.5 Å². The molecule has 0 radical (unpaired) electrons. The molecule has 2 amide bonds. The molecule has 0 saturated carbocycles. The van der Waals surface area contributed by atoms with Crippen LogP contribution in [0.5, 0.6) is 0 Å². The number of hydrogen-bond donors (Lipinski definition) is 2. The van der Waals surface area contributed by atoms with Gasteiger partial charge in [-0.05, 0) is 41.7 Å². The first-order valence-electron chi connectivity index (χ1n) is 11.1. The predicted molar refractivity (Wildman–Crippen MR) is 130 cm³/mol. The lowest BCUT2D eigenvalue weighted by Gasteiger charge is -2.36. The average molecular weight is 439 g/mol. The van der Waals surface area contributed by atoms with E-state index in [1.165, 1.54) is 0 Å². The van der Waals surface area contributed by atoms with E-state index in [4.69, 9.17) is 0 Å². The highest BCUT2D eigenvalue weighted by Crippen LogP contribution is 2.47. The molecule has 166 valence electrons. The third-order valence-electron chi connectivity index (χ3n) is 6.11. The molecule has 1 atom stereocenters. The number of urea groups is 1. The molecule has 2 heterocycles. The number of carbonyl (C=O) groups excluding carboxylic acids is 2. The van der Waals surface area contributed by atoms with Gasteiger partial charge in [-0.25, -0.2) is 9.78 Å². The Morgan fingerprint density at radius 1 is 1.00 bits per heavy atom. The van der Waals surface area contributed by atoms with Crippen LogP contribution in [0.15, 0.2) is 90.3 Å². The van der Waals surface area contributed by atoms with Crippen LogP contribution in [0.25, 0.3) is 0 Å². The number of hydrogen-bond acceptors (Lipinski definition) is 4. The summed E-state index contributed by atoms with van der Waals surface area (Å²) in [5, 5.41) is 6.46. The third kappa shape index (κ3) is 4.00. The number of amides is 2. The van der Waals surface area contributed by atoms with Gasteiger partial charge in [-0.15, -0.1) is 0 Å². The van der Waals surface area contributed by atoms with Crippen molar-refractivity contribution in [2.24, 2.45) is 5.41 Å². The number of allylic oxidation sites excluding steroid dienone is 1. The fourth-order valence-electron chi connectivity index (χ4n) is 4.73. The fraction of sp³-hybridized carbons (Fsp3) is 0.222. The van der Waals surface area contributed by atoms with Crippen LogP contribution in [0.1, 0.15) is 38.3 Å². The largest absolute Gasteiger partial charge is 0.355 e. The number of carbonyl (C=O) groups is 2. The summed E-state index contributed by atoms with van der Waals surface area (Å²) in [6.45, 7) is 4.20.